The summed E-state index contributed by atoms with van der Waals surface area (Å²) >= 11 is 0. The van der Waals surface area contributed by atoms with Crippen LogP contribution < -0.4 is 19.5 Å². The van der Waals surface area contributed by atoms with E-state index in [1.165, 1.54) is 0 Å². The first-order valence-corrected chi connectivity index (χ1v) is 10.5. The average molecular weight is 427 g/mol. The Bertz CT molecular complexity index is 907. The molecule has 0 aliphatic carbocycles. The third kappa shape index (κ3) is 5.69. The molecule has 7 nitrogen and oxygen atoms in total. The van der Waals surface area contributed by atoms with E-state index in [0.717, 1.165) is 24.2 Å². The van der Waals surface area contributed by atoms with Crippen molar-refractivity contribution >= 4 is 11.8 Å². The molecule has 0 atom stereocenters. The Balaban J connectivity index is 1.48. The van der Waals surface area contributed by atoms with Gasteiger partial charge in [0.1, 0.15) is 5.75 Å². The van der Waals surface area contributed by atoms with Crippen molar-refractivity contribution in [3.8, 4) is 17.2 Å². The number of amides is 2. The normalized spacial score (nSPS) is 14.1. The van der Waals surface area contributed by atoms with E-state index in [0.29, 0.717) is 43.0 Å². The highest BCUT2D eigenvalue weighted by molar-refractivity contribution is 5.95. The number of ether oxygens (including phenoxy) is 3. The maximum absolute atomic E-state index is 12.6. The van der Waals surface area contributed by atoms with E-state index in [9.17, 15) is 9.59 Å². The van der Waals surface area contributed by atoms with E-state index in [2.05, 4.69) is 5.32 Å². The molecule has 1 aliphatic heterocycles. The molecule has 1 aliphatic rings. The second-order valence-electron chi connectivity index (χ2n) is 7.51. The van der Waals surface area contributed by atoms with Gasteiger partial charge in [-0.3, -0.25) is 9.59 Å². The molecular weight excluding hydrogens is 396 g/mol. The van der Waals surface area contributed by atoms with Crippen LogP contribution in [0.15, 0.2) is 42.5 Å². The van der Waals surface area contributed by atoms with Gasteiger partial charge in [0, 0.05) is 31.1 Å². The number of hydrogen-bond donors (Lipinski definition) is 1. The summed E-state index contributed by atoms with van der Waals surface area (Å²) in [6.45, 7) is 1.28. The Morgan fingerprint density at radius 1 is 0.935 bits per heavy atom. The van der Waals surface area contributed by atoms with Crippen LogP contribution in [0, 0.1) is 0 Å². The molecule has 1 fully saturated rings. The van der Waals surface area contributed by atoms with Gasteiger partial charge in [-0.25, -0.2) is 0 Å². The molecular formula is C24H30N2O5. The number of likely N-dealkylation sites (tertiary alicyclic amines) is 1. The predicted octanol–water partition coefficient (Wildman–Crippen LogP) is 3.07. The molecule has 1 saturated heterocycles. The summed E-state index contributed by atoms with van der Waals surface area (Å²) in [5, 5.41) is 3.07. The largest absolute Gasteiger partial charge is 0.496 e. The van der Waals surface area contributed by atoms with Crippen LogP contribution in [-0.4, -0.2) is 57.2 Å². The smallest absolute Gasteiger partial charge is 0.251 e. The number of hydrogen-bond acceptors (Lipinski definition) is 5. The van der Waals surface area contributed by atoms with Crippen molar-refractivity contribution in [1.29, 1.82) is 0 Å². The highest BCUT2D eigenvalue weighted by Crippen LogP contribution is 2.27. The fourth-order valence-electron chi connectivity index (χ4n) is 3.83. The summed E-state index contributed by atoms with van der Waals surface area (Å²) in [5.74, 6) is 1.90. The number of piperidine rings is 1. The van der Waals surface area contributed by atoms with Crippen molar-refractivity contribution in [2.45, 2.75) is 31.7 Å². The zero-order chi connectivity index (χ0) is 22.2. The van der Waals surface area contributed by atoms with E-state index in [-0.39, 0.29) is 17.9 Å². The van der Waals surface area contributed by atoms with Crippen molar-refractivity contribution in [2.24, 2.45) is 0 Å². The summed E-state index contributed by atoms with van der Waals surface area (Å²) in [7, 11) is 4.74. The highest BCUT2D eigenvalue weighted by Gasteiger charge is 2.24. The maximum Gasteiger partial charge on any atom is 0.251 e. The van der Waals surface area contributed by atoms with Crippen LogP contribution in [0.2, 0.25) is 0 Å². The van der Waals surface area contributed by atoms with Crippen LogP contribution in [0.25, 0.3) is 0 Å². The van der Waals surface area contributed by atoms with E-state index in [1.54, 1.807) is 39.5 Å². The second kappa shape index (κ2) is 10.7. The molecule has 166 valence electrons. The first kappa shape index (κ1) is 22.5. The Morgan fingerprint density at radius 3 is 2.29 bits per heavy atom. The minimum atomic E-state index is -0.151. The number of nitrogens with one attached hydrogen (secondary N) is 1. The molecule has 0 bridgehead atoms. The van der Waals surface area contributed by atoms with Crippen molar-refractivity contribution in [1.82, 2.24) is 10.2 Å². The van der Waals surface area contributed by atoms with Crippen LogP contribution in [-0.2, 0) is 11.2 Å². The van der Waals surface area contributed by atoms with Crippen LogP contribution in [0.1, 0.15) is 35.2 Å². The zero-order valence-corrected chi connectivity index (χ0v) is 18.3. The molecule has 7 heteroatoms. The quantitative estimate of drug-likeness (QED) is 0.702. The van der Waals surface area contributed by atoms with Crippen LogP contribution >= 0.6 is 0 Å². The van der Waals surface area contributed by atoms with Gasteiger partial charge in [-0.05, 0) is 49.1 Å². The van der Waals surface area contributed by atoms with Crippen LogP contribution in [0.4, 0.5) is 0 Å². The third-order valence-corrected chi connectivity index (χ3v) is 5.63. The van der Waals surface area contributed by atoms with E-state index in [1.807, 2.05) is 29.2 Å². The maximum atomic E-state index is 12.6. The molecule has 2 amide bonds. The van der Waals surface area contributed by atoms with Crippen molar-refractivity contribution in [3.05, 3.63) is 53.6 Å². The number of carbonyl (C=O) groups excluding carboxylic acids is 2. The van der Waals surface area contributed by atoms with Crippen LogP contribution in [0.5, 0.6) is 17.2 Å². The highest BCUT2D eigenvalue weighted by atomic mass is 16.5. The summed E-state index contributed by atoms with van der Waals surface area (Å²) in [4.78, 5) is 27.1. The number of aryl methyl sites for hydroxylation is 1. The Labute approximate surface area is 183 Å². The SMILES string of the molecule is COc1ccccc1CCC(=O)N1CCC(NC(=O)c2ccc(OC)c(OC)c2)CC1. The molecule has 0 aromatic heterocycles. The lowest BCUT2D eigenvalue weighted by molar-refractivity contribution is -0.132. The van der Waals surface area contributed by atoms with Gasteiger partial charge in [0.25, 0.3) is 5.91 Å². The molecule has 2 aromatic carbocycles. The minimum Gasteiger partial charge on any atom is -0.496 e. The summed E-state index contributed by atoms with van der Waals surface area (Å²) in [6.07, 6.45) is 2.57. The van der Waals surface area contributed by atoms with Crippen molar-refractivity contribution < 1.29 is 23.8 Å². The van der Waals surface area contributed by atoms with Gasteiger partial charge >= 0.3 is 0 Å². The number of methoxy groups -OCH3 is 3. The van der Waals surface area contributed by atoms with Gasteiger partial charge in [-0.15, -0.1) is 0 Å². The molecule has 0 saturated carbocycles. The summed E-state index contributed by atoms with van der Waals surface area (Å²) in [5.41, 5.74) is 1.56. The monoisotopic (exact) mass is 426 g/mol. The fraction of sp³-hybridized carbons (Fsp3) is 0.417. The van der Waals surface area contributed by atoms with E-state index >= 15 is 0 Å². The number of rotatable bonds is 8. The fourth-order valence-corrected chi connectivity index (χ4v) is 3.83. The topological polar surface area (TPSA) is 77.1 Å². The summed E-state index contributed by atoms with van der Waals surface area (Å²) in [6, 6.07) is 12.9. The van der Waals surface area contributed by atoms with E-state index < -0.39 is 0 Å². The second-order valence-corrected chi connectivity index (χ2v) is 7.51. The van der Waals surface area contributed by atoms with Crippen molar-refractivity contribution in [3.63, 3.8) is 0 Å². The molecule has 1 N–H and O–H groups in total. The zero-order valence-electron chi connectivity index (χ0n) is 18.3. The molecule has 0 unspecified atom stereocenters. The van der Waals surface area contributed by atoms with Crippen LogP contribution in [0.3, 0.4) is 0 Å². The molecule has 0 spiro atoms. The third-order valence-electron chi connectivity index (χ3n) is 5.63. The Hall–Kier alpha value is -3.22. The number of nitrogens with zero attached hydrogens (tertiary/aromatic N) is 1. The Kier molecular flexibility index (Phi) is 7.76. The Morgan fingerprint density at radius 2 is 1.61 bits per heavy atom. The minimum absolute atomic E-state index is 0.0406. The lowest BCUT2D eigenvalue weighted by Gasteiger charge is -2.32. The first-order valence-electron chi connectivity index (χ1n) is 10.5. The lowest BCUT2D eigenvalue weighted by Crippen LogP contribution is -2.46. The van der Waals surface area contributed by atoms with E-state index in [4.69, 9.17) is 14.2 Å². The first-order chi connectivity index (χ1) is 15.0. The van der Waals surface area contributed by atoms with Gasteiger partial charge in [0.15, 0.2) is 11.5 Å². The van der Waals surface area contributed by atoms with Gasteiger partial charge in [-0.1, -0.05) is 18.2 Å². The van der Waals surface area contributed by atoms with Gasteiger partial charge < -0.3 is 24.4 Å². The van der Waals surface area contributed by atoms with Gasteiger partial charge in [0.05, 0.1) is 21.3 Å². The molecule has 2 aromatic rings. The molecule has 3 rings (SSSR count). The number of para-hydroxylation sites is 1. The molecule has 31 heavy (non-hydrogen) atoms. The molecule has 1 heterocycles. The standard InChI is InChI=1S/C24H30N2O5/c1-29-20-7-5-4-6-17(20)9-11-23(27)26-14-12-19(13-15-26)25-24(28)18-8-10-21(30-2)22(16-18)31-3/h4-8,10,16,19H,9,11-15H2,1-3H3,(H,25,28). The van der Waals surface area contributed by atoms with Gasteiger partial charge in [-0.2, -0.15) is 0 Å². The molecule has 0 radical (unpaired) electrons. The predicted molar refractivity (Wildman–Crippen MR) is 118 cm³/mol. The lowest BCUT2D eigenvalue weighted by atomic mass is 10.0. The number of benzene rings is 2. The summed E-state index contributed by atoms with van der Waals surface area (Å²) < 4.78 is 15.8. The van der Waals surface area contributed by atoms with Crippen molar-refractivity contribution in [2.75, 3.05) is 34.4 Å². The average Bonchev–Trinajstić information content (AvgIpc) is 2.82. The number of carbonyl (C=O) groups is 2. The van der Waals surface area contributed by atoms with Gasteiger partial charge in [0.2, 0.25) is 5.91 Å².